The fourth-order valence-corrected chi connectivity index (χ4v) is 2.18. The summed E-state index contributed by atoms with van der Waals surface area (Å²) in [5, 5.41) is 5.09. The lowest BCUT2D eigenvalue weighted by Crippen LogP contribution is -2.27. The zero-order chi connectivity index (χ0) is 14.4. The molecule has 20 heavy (non-hydrogen) atoms. The van der Waals surface area contributed by atoms with Crippen LogP contribution in [0.3, 0.4) is 0 Å². The third kappa shape index (κ3) is 3.79. The van der Waals surface area contributed by atoms with Crippen molar-refractivity contribution in [3.05, 3.63) is 36.4 Å². The molecular weight excluding hydrogens is 276 g/mol. The van der Waals surface area contributed by atoms with Crippen LogP contribution in [0.2, 0.25) is 0 Å². The van der Waals surface area contributed by atoms with E-state index in [1.165, 1.54) is 11.3 Å². The van der Waals surface area contributed by atoms with Crippen molar-refractivity contribution in [2.45, 2.75) is 19.4 Å². The van der Waals surface area contributed by atoms with Crippen molar-refractivity contribution < 1.29 is 13.9 Å². The van der Waals surface area contributed by atoms with Gasteiger partial charge in [0.25, 0.3) is 5.91 Å². The molecule has 0 bridgehead atoms. The monoisotopic (exact) mass is 292 g/mol. The lowest BCUT2D eigenvalue weighted by atomic mass is 10.3. The van der Waals surface area contributed by atoms with Crippen LogP contribution in [0.4, 0.5) is 5.13 Å². The first-order valence-corrected chi connectivity index (χ1v) is 7.11. The highest BCUT2D eigenvalue weighted by atomic mass is 32.1. The maximum atomic E-state index is 11.9. The van der Waals surface area contributed by atoms with E-state index in [4.69, 9.17) is 9.15 Å². The molecule has 0 aliphatic heterocycles. The Morgan fingerprint density at radius 2 is 2.55 bits per heavy atom. The van der Waals surface area contributed by atoms with E-state index in [-0.39, 0.29) is 5.91 Å². The van der Waals surface area contributed by atoms with E-state index in [0.717, 1.165) is 6.42 Å². The van der Waals surface area contributed by atoms with Crippen molar-refractivity contribution in [1.29, 1.82) is 0 Å². The van der Waals surface area contributed by atoms with Gasteiger partial charge in [-0.2, -0.15) is 0 Å². The Labute approximate surface area is 121 Å². The van der Waals surface area contributed by atoms with Gasteiger partial charge < -0.3 is 9.15 Å². The van der Waals surface area contributed by atoms with Gasteiger partial charge in [-0.1, -0.05) is 6.08 Å². The zero-order valence-corrected chi connectivity index (χ0v) is 12.0. The number of amides is 1. The van der Waals surface area contributed by atoms with Crippen molar-refractivity contribution in [3.8, 4) is 11.5 Å². The molecule has 1 atom stereocenters. The number of anilines is 1. The molecule has 0 aliphatic carbocycles. The van der Waals surface area contributed by atoms with E-state index in [2.05, 4.69) is 16.9 Å². The Bertz CT molecular complexity index is 563. The zero-order valence-electron chi connectivity index (χ0n) is 11.2. The molecule has 0 spiro atoms. The van der Waals surface area contributed by atoms with Crippen LogP contribution in [-0.2, 0) is 9.53 Å². The summed E-state index contributed by atoms with van der Waals surface area (Å²) in [5.41, 5.74) is 0.704. The molecule has 2 aromatic rings. The fourth-order valence-electron chi connectivity index (χ4n) is 1.48. The highest BCUT2D eigenvalue weighted by Crippen LogP contribution is 2.25. The quantitative estimate of drug-likeness (QED) is 0.628. The Kier molecular flexibility index (Phi) is 5.09. The van der Waals surface area contributed by atoms with Gasteiger partial charge in [0, 0.05) is 5.38 Å². The summed E-state index contributed by atoms with van der Waals surface area (Å²) in [6.07, 6.45) is 3.53. The molecule has 106 valence electrons. The average molecular weight is 292 g/mol. The molecule has 0 radical (unpaired) electrons. The van der Waals surface area contributed by atoms with Crippen molar-refractivity contribution in [1.82, 2.24) is 4.98 Å². The van der Waals surface area contributed by atoms with Crippen LogP contribution in [0.5, 0.6) is 0 Å². The van der Waals surface area contributed by atoms with E-state index in [9.17, 15) is 4.79 Å². The standard InChI is InChI=1S/C14H16N2O3S/c1-3-4-7-18-10(2)13(17)16-14-15-11(9-20-14)12-6-5-8-19-12/h3,5-6,8-10H,1,4,7H2,2H3,(H,15,16,17). The van der Waals surface area contributed by atoms with Gasteiger partial charge in [0.2, 0.25) is 0 Å². The number of carbonyl (C=O) groups excluding carboxylic acids is 1. The van der Waals surface area contributed by atoms with Gasteiger partial charge in [0.15, 0.2) is 10.9 Å². The van der Waals surface area contributed by atoms with Crippen LogP contribution in [0, 0.1) is 0 Å². The van der Waals surface area contributed by atoms with Crippen LogP contribution < -0.4 is 5.32 Å². The van der Waals surface area contributed by atoms with Gasteiger partial charge in [-0.05, 0) is 25.5 Å². The minimum atomic E-state index is -0.522. The van der Waals surface area contributed by atoms with Crippen LogP contribution in [-0.4, -0.2) is 23.6 Å². The smallest absolute Gasteiger partial charge is 0.254 e. The minimum Gasteiger partial charge on any atom is -0.463 e. The Hall–Kier alpha value is -1.92. The largest absolute Gasteiger partial charge is 0.463 e. The molecule has 0 saturated carbocycles. The molecule has 1 N–H and O–H groups in total. The average Bonchev–Trinajstić information content (AvgIpc) is 3.08. The fraction of sp³-hybridized carbons (Fsp3) is 0.286. The van der Waals surface area contributed by atoms with E-state index >= 15 is 0 Å². The van der Waals surface area contributed by atoms with Gasteiger partial charge in [0.1, 0.15) is 11.8 Å². The molecule has 1 amide bonds. The van der Waals surface area contributed by atoms with Crippen LogP contribution in [0.15, 0.2) is 40.8 Å². The summed E-state index contributed by atoms with van der Waals surface area (Å²) >= 11 is 1.35. The summed E-state index contributed by atoms with van der Waals surface area (Å²) in [5.74, 6) is 0.464. The topological polar surface area (TPSA) is 64.4 Å². The van der Waals surface area contributed by atoms with Gasteiger partial charge in [-0.3, -0.25) is 10.1 Å². The van der Waals surface area contributed by atoms with E-state index in [0.29, 0.717) is 23.2 Å². The minimum absolute atomic E-state index is 0.214. The third-order valence-corrected chi connectivity index (χ3v) is 3.32. The summed E-state index contributed by atoms with van der Waals surface area (Å²) in [7, 11) is 0. The van der Waals surface area contributed by atoms with Crippen molar-refractivity contribution in [2.24, 2.45) is 0 Å². The second-order valence-electron chi connectivity index (χ2n) is 4.09. The van der Waals surface area contributed by atoms with Crippen molar-refractivity contribution >= 4 is 22.4 Å². The molecule has 0 saturated heterocycles. The van der Waals surface area contributed by atoms with E-state index in [1.54, 1.807) is 25.3 Å². The van der Waals surface area contributed by atoms with Crippen molar-refractivity contribution in [3.63, 3.8) is 0 Å². The second-order valence-corrected chi connectivity index (χ2v) is 4.95. The summed E-state index contributed by atoms with van der Waals surface area (Å²) < 4.78 is 10.6. The first kappa shape index (κ1) is 14.5. The number of thiazole rings is 1. The van der Waals surface area contributed by atoms with Crippen molar-refractivity contribution in [2.75, 3.05) is 11.9 Å². The second kappa shape index (κ2) is 7.02. The molecule has 5 nitrogen and oxygen atoms in total. The molecule has 0 aromatic carbocycles. The van der Waals surface area contributed by atoms with Crippen LogP contribution >= 0.6 is 11.3 Å². The summed E-state index contributed by atoms with van der Waals surface area (Å²) in [4.78, 5) is 16.2. The molecule has 6 heteroatoms. The summed E-state index contributed by atoms with van der Waals surface area (Å²) in [6.45, 7) is 5.79. The lowest BCUT2D eigenvalue weighted by molar-refractivity contribution is -0.126. The number of nitrogens with zero attached hydrogens (tertiary/aromatic N) is 1. The SMILES string of the molecule is C=CCCOC(C)C(=O)Nc1nc(-c2ccco2)cs1. The highest BCUT2D eigenvalue weighted by Gasteiger charge is 2.15. The van der Waals surface area contributed by atoms with Gasteiger partial charge in [-0.25, -0.2) is 4.98 Å². The van der Waals surface area contributed by atoms with Crippen LogP contribution in [0.1, 0.15) is 13.3 Å². The van der Waals surface area contributed by atoms with Crippen LogP contribution in [0.25, 0.3) is 11.5 Å². The Balaban J connectivity index is 1.90. The molecule has 1 unspecified atom stereocenters. The molecule has 0 fully saturated rings. The first-order chi connectivity index (χ1) is 9.70. The summed E-state index contributed by atoms with van der Waals surface area (Å²) in [6, 6.07) is 3.62. The maximum Gasteiger partial charge on any atom is 0.254 e. The number of rotatable bonds is 7. The first-order valence-electron chi connectivity index (χ1n) is 6.23. The van der Waals surface area contributed by atoms with E-state index in [1.807, 2.05) is 11.4 Å². The number of carbonyl (C=O) groups is 1. The normalized spacial score (nSPS) is 12.1. The van der Waals surface area contributed by atoms with Gasteiger partial charge in [0.05, 0.1) is 12.9 Å². The lowest BCUT2D eigenvalue weighted by Gasteiger charge is -2.11. The number of ether oxygens (including phenoxy) is 1. The number of hydrogen-bond donors (Lipinski definition) is 1. The Morgan fingerprint density at radius 3 is 3.25 bits per heavy atom. The Morgan fingerprint density at radius 1 is 1.70 bits per heavy atom. The number of hydrogen-bond acceptors (Lipinski definition) is 5. The predicted octanol–water partition coefficient (Wildman–Crippen LogP) is 3.32. The van der Waals surface area contributed by atoms with Gasteiger partial charge >= 0.3 is 0 Å². The molecule has 2 aromatic heterocycles. The molecular formula is C14H16N2O3S. The molecule has 2 heterocycles. The number of nitrogens with one attached hydrogen (secondary N) is 1. The highest BCUT2D eigenvalue weighted by molar-refractivity contribution is 7.14. The van der Waals surface area contributed by atoms with E-state index < -0.39 is 6.10 Å². The maximum absolute atomic E-state index is 11.9. The molecule has 2 rings (SSSR count). The van der Waals surface area contributed by atoms with Gasteiger partial charge in [-0.15, -0.1) is 17.9 Å². The molecule has 0 aliphatic rings. The number of furan rings is 1. The number of aromatic nitrogens is 1. The predicted molar refractivity (Wildman–Crippen MR) is 78.7 cm³/mol. The third-order valence-electron chi connectivity index (χ3n) is 2.57.